The van der Waals surface area contributed by atoms with Crippen molar-refractivity contribution in [2.24, 2.45) is 0 Å². The molecule has 2 atom stereocenters. The van der Waals surface area contributed by atoms with Gasteiger partial charge in [-0.15, -0.1) is 0 Å². The van der Waals surface area contributed by atoms with Crippen molar-refractivity contribution in [2.75, 3.05) is 6.54 Å². The van der Waals surface area contributed by atoms with Crippen LogP contribution in [-0.2, 0) is 0 Å². The van der Waals surface area contributed by atoms with E-state index in [2.05, 4.69) is 4.98 Å². The quantitative estimate of drug-likeness (QED) is 0.882. The van der Waals surface area contributed by atoms with E-state index < -0.39 is 6.10 Å². The van der Waals surface area contributed by atoms with Gasteiger partial charge in [0.05, 0.1) is 17.7 Å². The number of rotatable bonds is 2. The molecule has 0 bridgehead atoms. The molecule has 0 aliphatic carbocycles. The lowest BCUT2D eigenvalue weighted by Gasteiger charge is -2.24. The van der Waals surface area contributed by atoms with Gasteiger partial charge in [0.1, 0.15) is 5.82 Å². The fourth-order valence-corrected chi connectivity index (χ4v) is 2.78. The average molecular weight is 302 g/mol. The van der Waals surface area contributed by atoms with E-state index in [-0.39, 0.29) is 29.9 Å². The number of benzene rings is 1. The average Bonchev–Trinajstić information content (AvgIpc) is 2.89. The number of carbonyl (C=O) groups excluding carboxylic acids is 1. The van der Waals surface area contributed by atoms with Gasteiger partial charge in [0.2, 0.25) is 5.56 Å². The van der Waals surface area contributed by atoms with E-state index in [4.69, 9.17) is 0 Å². The van der Waals surface area contributed by atoms with Crippen LogP contribution in [-0.4, -0.2) is 33.5 Å². The number of amides is 1. The summed E-state index contributed by atoms with van der Waals surface area (Å²) in [6.07, 6.45) is 1.05. The fourth-order valence-electron chi connectivity index (χ4n) is 2.78. The maximum absolute atomic E-state index is 13.4. The van der Waals surface area contributed by atoms with Crippen molar-refractivity contribution in [1.29, 1.82) is 0 Å². The number of pyridine rings is 1. The number of H-pyrrole nitrogens is 1. The third kappa shape index (κ3) is 2.78. The Balaban J connectivity index is 1.92. The van der Waals surface area contributed by atoms with Gasteiger partial charge in [-0.05, 0) is 30.2 Å². The molecule has 22 heavy (non-hydrogen) atoms. The molecule has 1 aromatic heterocycles. The minimum atomic E-state index is -0.653. The van der Waals surface area contributed by atoms with Gasteiger partial charge in [-0.3, -0.25) is 9.59 Å². The van der Waals surface area contributed by atoms with Crippen molar-refractivity contribution in [3.05, 3.63) is 69.9 Å². The summed E-state index contributed by atoms with van der Waals surface area (Å²) in [5, 5.41) is 9.90. The molecular formula is C16H15FN2O3. The molecule has 1 aromatic carbocycles. The second kappa shape index (κ2) is 5.73. The molecule has 2 N–H and O–H groups in total. The van der Waals surface area contributed by atoms with Gasteiger partial charge >= 0.3 is 0 Å². The largest absolute Gasteiger partial charge is 0.391 e. The second-order valence-corrected chi connectivity index (χ2v) is 5.36. The monoisotopic (exact) mass is 302 g/mol. The van der Waals surface area contributed by atoms with E-state index >= 15 is 0 Å². The summed E-state index contributed by atoms with van der Waals surface area (Å²) >= 11 is 0. The standard InChI is InChI=1S/C16H15FN2O3/c17-12-3-1-2-10(6-12)14-7-13(20)9-19(14)16(22)11-4-5-15(21)18-8-11/h1-6,8,13-14,20H,7,9H2,(H,18,21)/t13-,14+/m1/s1. The number of halogens is 1. The lowest BCUT2D eigenvalue weighted by molar-refractivity contribution is 0.0715. The summed E-state index contributed by atoms with van der Waals surface area (Å²) in [4.78, 5) is 27.6. The van der Waals surface area contributed by atoms with Crippen molar-refractivity contribution in [3.63, 3.8) is 0 Å². The van der Waals surface area contributed by atoms with Crippen LogP contribution in [0, 0.1) is 5.82 Å². The summed E-state index contributed by atoms with van der Waals surface area (Å²) < 4.78 is 13.4. The van der Waals surface area contributed by atoms with Crippen LogP contribution in [0.2, 0.25) is 0 Å². The number of aromatic nitrogens is 1. The number of aliphatic hydroxyl groups is 1. The van der Waals surface area contributed by atoms with Crippen LogP contribution in [0.3, 0.4) is 0 Å². The summed E-state index contributed by atoms with van der Waals surface area (Å²) in [5.41, 5.74) is 0.684. The molecule has 1 aliphatic rings. The topological polar surface area (TPSA) is 73.4 Å². The molecule has 1 amide bonds. The number of nitrogens with one attached hydrogen (secondary N) is 1. The molecule has 0 radical (unpaired) electrons. The molecule has 3 rings (SSSR count). The molecule has 5 nitrogen and oxygen atoms in total. The highest BCUT2D eigenvalue weighted by atomic mass is 19.1. The minimum absolute atomic E-state index is 0.180. The maximum Gasteiger partial charge on any atom is 0.255 e. The zero-order chi connectivity index (χ0) is 15.7. The first-order valence-corrected chi connectivity index (χ1v) is 6.98. The van der Waals surface area contributed by atoms with E-state index in [1.165, 1.54) is 35.4 Å². The molecule has 0 unspecified atom stereocenters. The van der Waals surface area contributed by atoms with Gasteiger partial charge in [0.25, 0.3) is 5.91 Å². The number of hydrogen-bond donors (Lipinski definition) is 2. The third-order valence-electron chi connectivity index (χ3n) is 3.80. The molecule has 2 aromatic rings. The number of carbonyl (C=O) groups is 1. The van der Waals surface area contributed by atoms with Gasteiger partial charge in [-0.2, -0.15) is 0 Å². The Kier molecular flexibility index (Phi) is 3.77. The normalized spacial score (nSPS) is 21.1. The van der Waals surface area contributed by atoms with E-state index in [9.17, 15) is 19.1 Å². The van der Waals surface area contributed by atoms with Gasteiger partial charge < -0.3 is 15.0 Å². The van der Waals surface area contributed by atoms with Crippen molar-refractivity contribution in [3.8, 4) is 0 Å². The molecule has 114 valence electrons. The van der Waals surface area contributed by atoms with E-state index in [1.807, 2.05) is 0 Å². The van der Waals surface area contributed by atoms with Crippen molar-refractivity contribution in [2.45, 2.75) is 18.6 Å². The zero-order valence-corrected chi connectivity index (χ0v) is 11.7. The highest BCUT2D eigenvalue weighted by Crippen LogP contribution is 2.33. The molecule has 6 heteroatoms. The first kappa shape index (κ1) is 14.5. The van der Waals surface area contributed by atoms with Gasteiger partial charge in [0, 0.05) is 18.8 Å². The van der Waals surface area contributed by atoms with Crippen molar-refractivity contribution in [1.82, 2.24) is 9.88 Å². The minimum Gasteiger partial charge on any atom is -0.391 e. The molecule has 1 aliphatic heterocycles. The lowest BCUT2D eigenvalue weighted by atomic mass is 10.0. The third-order valence-corrected chi connectivity index (χ3v) is 3.80. The molecular weight excluding hydrogens is 287 g/mol. The first-order chi connectivity index (χ1) is 10.5. The zero-order valence-electron chi connectivity index (χ0n) is 11.7. The summed E-state index contributed by atoms with van der Waals surface area (Å²) in [6, 6.07) is 8.35. The van der Waals surface area contributed by atoms with Crippen molar-refractivity contribution < 1.29 is 14.3 Å². The van der Waals surface area contributed by atoms with E-state index in [1.54, 1.807) is 12.1 Å². The Bertz CT molecular complexity index is 739. The predicted molar refractivity (Wildman–Crippen MR) is 77.9 cm³/mol. The van der Waals surface area contributed by atoms with Crippen molar-refractivity contribution >= 4 is 5.91 Å². The summed E-state index contributed by atoms with van der Waals surface area (Å²) in [6.45, 7) is 0.180. The van der Waals surface area contributed by atoms with Crippen LogP contribution in [0.4, 0.5) is 4.39 Å². The molecule has 1 saturated heterocycles. The smallest absolute Gasteiger partial charge is 0.255 e. The van der Waals surface area contributed by atoms with Gasteiger partial charge in [-0.25, -0.2) is 4.39 Å². The Labute approximate surface area is 126 Å². The van der Waals surface area contributed by atoms with Crippen LogP contribution in [0.1, 0.15) is 28.4 Å². The second-order valence-electron chi connectivity index (χ2n) is 5.36. The molecule has 2 heterocycles. The number of aromatic amines is 1. The Morgan fingerprint density at radius 1 is 1.32 bits per heavy atom. The number of aliphatic hydroxyl groups excluding tert-OH is 1. The molecule has 0 spiro atoms. The Morgan fingerprint density at radius 3 is 2.82 bits per heavy atom. The number of likely N-dealkylation sites (tertiary alicyclic amines) is 1. The summed E-state index contributed by atoms with van der Waals surface area (Å²) in [5.74, 6) is -0.683. The molecule has 0 saturated carbocycles. The highest BCUT2D eigenvalue weighted by molar-refractivity contribution is 5.94. The molecule has 1 fully saturated rings. The van der Waals surface area contributed by atoms with Crippen LogP contribution in [0.15, 0.2) is 47.4 Å². The van der Waals surface area contributed by atoms with E-state index in [0.29, 0.717) is 17.5 Å². The Morgan fingerprint density at radius 2 is 2.14 bits per heavy atom. The van der Waals surface area contributed by atoms with Crippen LogP contribution >= 0.6 is 0 Å². The first-order valence-electron chi connectivity index (χ1n) is 6.98. The number of hydrogen-bond acceptors (Lipinski definition) is 3. The van der Waals surface area contributed by atoms with Crippen LogP contribution in [0.25, 0.3) is 0 Å². The van der Waals surface area contributed by atoms with Gasteiger partial charge in [-0.1, -0.05) is 12.1 Å². The SMILES string of the molecule is O=C(c1ccc(=O)[nH]c1)N1C[C@H](O)C[C@H]1c1cccc(F)c1. The Hall–Kier alpha value is -2.47. The predicted octanol–water partition coefficient (Wildman–Crippen LogP) is 1.46. The van der Waals surface area contributed by atoms with Gasteiger partial charge in [0.15, 0.2) is 0 Å². The van der Waals surface area contributed by atoms with Crippen LogP contribution < -0.4 is 5.56 Å². The number of β-amino-alcohol motifs (C(OH)–C–C–N with tert-alkyl or cyclic N) is 1. The van der Waals surface area contributed by atoms with Crippen LogP contribution in [0.5, 0.6) is 0 Å². The highest BCUT2D eigenvalue weighted by Gasteiger charge is 2.35. The fraction of sp³-hybridized carbons (Fsp3) is 0.250. The van der Waals surface area contributed by atoms with E-state index in [0.717, 1.165) is 0 Å². The number of nitrogens with zero attached hydrogens (tertiary/aromatic N) is 1. The maximum atomic E-state index is 13.4. The lowest BCUT2D eigenvalue weighted by Crippen LogP contribution is -2.32. The summed E-state index contributed by atoms with van der Waals surface area (Å²) in [7, 11) is 0.